The maximum atomic E-state index is 12.8. The number of fused-ring (bicyclic) bond motifs is 2. The number of nitrogens with zero attached hydrogens (tertiary/aromatic N) is 2. The Labute approximate surface area is 175 Å². The predicted molar refractivity (Wildman–Crippen MR) is 118 cm³/mol. The summed E-state index contributed by atoms with van der Waals surface area (Å²) in [5.41, 5.74) is 9.61. The van der Waals surface area contributed by atoms with Crippen molar-refractivity contribution in [3.05, 3.63) is 58.9 Å². The van der Waals surface area contributed by atoms with E-state index in [1.165, 1.54) is 18.6 Å². The van der Waals surface area contributed by atoms with Crippen LogP contribution in [0.5, 0.6) is 5.88 Å². The molecule has 1 N–H and O–H groups in total. The Balaban J connectivity index is 1.36. The van der Waals surface area contributed by atoms with Crippen LogP contribution in [-0.4, -0.2) is 29.6 Å². The number of carbonyl (C=O) groups is 1. The number of pyridine rings is 1. The lowest BCUT2D eigenvalue weighted by Gasteiger charge is -2.21. The molecular weight excluding hydrogens is 374 g/mol. The van der Waals surface area contributed by atoms with E-state index in [-0.39, 0.29) is 5.78 Å². The van der Waals surface area contributed by atoms with Gasteiger partial charge >= 0.3 is 0 Å². The summed E-state index contributed by atoms with van der Waals surface area (Å²) in [5, 5.41) is 3.40. The molecule has 150 valence electrons. The molecular formula is C25H23N3O2. The largest absolute Gasteiger partial charge is 0.474 e. The van der Waals surface area contributed by atoms with Crippen molar-refractivity contribution >= 4 is 22.8 Å². The number of ketones is 1. The number of ether oxygens (including phenoxy) is 1. The monoisotopic (exact) mass is 397 g/mol. The molecule has 2 aliphatic heterocycles. The zero-order valence-electron chi connectivity index (χ0n) is 17.0. The van der Waals surface area contributed by atoms with Crippen LogP contribution in [0, 0.1) is 12.8 Å². The third-order valence-corrected chi connectivity index (χ3v) is 6.47. The normalized spacial score (nSPS) is 21.0. The Morgan fingerprint density at radius 3 is 2.97 bits per heavy atom. The fraction of sp³-hybridized carbons (Fsp3) is 0.320. The third-order valence-electron chi connectivity index (χ3n) is 6.47. The number of carbonyl (C=O) groups excluding carboxylic acids is 1. The van der Waals surface area contributed by atoms with Gasteiger partial charge in [-0.05, 0) is 65.7 Å². The zero-order chi connectivity index (χ0) is 20.2. The Morgan fingerprint density at radius 1 is 1.20 bits per heavy atom. The van der Waals surface area contributed by atoms with E-state index in [1.54, 1.807) is 0 Å². The number of Topliss-reactive ketones (excluding diaryl/α,β-unsaturated/α-hetero) is 1. The third kappa shape index (κ3) is 2.88. The summed E-state index contributed by atoms with van der Waals surface area (Å²) in [4.78, 5) is 21.9. The number of aromatic nitrogens is 1. The van der Waals surface area contributed by atoms with Crippen LogP contribution in [0.25, 0.3) is 16.7 Å². The lowest BCUT2D eigenvalue weighted by molar-refractivity contribution is -0.112. The molecule has 1 fully saturated rings. The highest BCUT2D eigenvalue weighted by Crippen LogP contribution is 2.40. The van der Waals surface area contributed by atoms with Gasteiger partial charge in [0, 0.05) is 48.6 Å². The summed E-state index contributed by atoms with van der Waals surface area (Å²) in [5.74, 6) is 1.53. The first-order valence-electron chi connectivity index (χ1n) is 10.7. The fourth-order valence-electron chi connectivity index (χ4n) is 4.64. The highest BCUT2D eigenvalue weighted by Gasteiger charge is 2.30. The van der Waals surface area contributed by atoms with Gasteiger partial charge in [0.15, 0.2) is 5.78 Å². The van der Waals surface area contributed by atoms with Crippen LogP contribution in [0.2, 0.25) is 0 Å². The lowest BCUT2D eigenvalue weighted by atomic mass is 9.95. The molecule has 0 amide bonds. The number of anilines is 1. The van der Waals surface area contributed by atoms with Gasteiger partial charge in [-0.3, -0.25) is 9.79 Å². The fourth-order valence-corrected chi connectivity index (χ4v) is 4.64. The van der Waals surface area contributed by atoms with Gasteiger partial charge in [-0.1, -0.05) is 12.1 Å². The second-order valence-corrected chi connectivity index (χ2v) is 8.56. The number of aliphatic imine (C=N–C) groups is 1. The number of allylic oxidation sites excluding steroid dienone is 3. The number of hydrogen-bond acceptors (Lipinski definition) is 5. The summed E-state index contributed by atoms with van der Waals surface area (Å²) in [7, 11) is 0. The summed E-state index contributed by atoms with van der Waals surface area (Å²) < 4.78 is 5.66. The van der Waals surface area contributed by atoms with Crippen molar-refractivity contribution in [1.29, 1.82) is 0 Å². The highest BCUT2D eigenvalue weighted by molar-refractivity contribution is 6.26. The first-order valence-corrected chi connectivity index (χ1v) is 10.7. The summed E-state index contributed by atoms with van der Waals surface area (Å²) >= 11 is 0. The molecule has 1 aromatic heterocycles. The van der Waals surface area contributed by atoms with Crippen LogP contribution >= 0.6 is 0 Å². The molecule has 0 atom stereocenters. The van der Waals surface area contributed by atoms with Gasteiger partial charge in [-0.25, -0.2) is 4.98 Å². The quantitative estimate of drug-likeness (QED) is 0.774. The standard InChI is InChI=1S/C25H23N3O2/c1-14-21(13-28-25-24(14)26-6-7-30-25)17-4-5-18-11-23(29)20(19(18)10-17)8-15-9-22(27-12-15)16-2-3-16/h4-5,8,10,12-13,16,26H,2-3,6-7,9,11H2,1H3/b20-8-. The number of rotatable bonds is 3. The van der Waals surface area contributed by atoms with E-state index in [9.17, 15) is 4.79 Å². The average molecular weight is 397 g/mol. The number of benzene rings is 1. The molecule has 6 rings (SSSR count). The van der Waals surface area contributed by atoms with E-state index in [2.05, 4.69) is 46.5 Å². The van der Waals surface area contributed by atoms with E-state index in [1.807, 2.05) is 12.4 Å². The second-order valence-electron chi connectivity index (χ2n) is 8.56. The van der Waals surface area contributed by atoms with E-state index in [0.29, 0.717) is 24.8 Å². The predicted octanol–water partition coefficient (Wildman–Crippen LogP) is 4.51. The Morgan fingerprint density at radius 2 is 2.10 bits per heavy atom. The van der Waals surface area contributed by atoms with Crippen LogP contribution in [-0.2, 0) is 11.2 Å². The lowest BCUT2D eigenvalue weighted by Crippen LogP contribution is -2.20. The summed E-state index contributed by atoms with van der Waals surface area (Å²) in [6.45, 7) is 3.51. The topological polar surface area (TPSA) is 63.6 Å². The van der Waals surface area contributed by atoms with Crippen molar-refractivity contribution in [2.75, 3.05) is 18.5 Å². The molecule has 0 saturated heterocycles. The van der Waals surface area contributed by atoms with E-state index in [0.717, 1.165) is 57.6 Å². The molecule has 3 heterocycles. The molecule has 5 nitrogen and oxygen atoms in total. The van der Waals surface area contributed by atoms with Crippen molar-refractivity contribution in [2.45, 2.75) is 32.6 Å². The Bertz CT molecular complexity index is 1190. The molecule has 30 heavy (non-hydrogen) atoms. The van der Waals surface area contributed by atoms with Crippen molar-refractivity contribution < 1.29 is 9.53 Å². The van der Waals surface area contributed by atoms with Gasteiger partial charge < -0.3 is 10.1 Å². The van der Waals surface area contributed by atoms with Gasteiger partial charge in [0.25, 0.3) is 0 Å². The number of hydrogen-bond donors (Lipinski definition) is 1. The van der Waals surface area contributed by atoms with Crippen molar-refractivity contribution in [3.8, 4) is 17.0 Å². The summed E-state index contributed by atoms with van der Waals surface area (Å²) in [6.07, 6.45) is 9.75. The maximum Gasteiger partial charge on any atom is 0.237 e. The van der Waals surface area contributed by atoms with Crippen molar-refractivity contribution in [3.63, 3.8) is 0 Å². The molecule has 2 aromatic rings. The minimum atomic E-state index is 0.193. The second kappa shape index (κ2) is 6.66. The van der Waals surface area contributed by atoms with Crippen LogP contribution in [0.4, 0.5) is 5.69 Å². The molecule has 0 spiro atoms. The van der Waals surface area contributed by atoms with Crippen LogP contribution in [0.1, 0.15) is 36.0 Å². The molecule has 0 radical (unpaired) electrons. The van der Waals surface area contributed by atoms with Crippen LogP contribution in [0.15, 0.2) is 47.2 Å². The van der Waals surface area contributed by atoms with Crippen molar-refractivity contribution in [1.82, 2.24) is 4.98 Å². The van der Waals surface area contributed by atoms with Crippen LogP contribution < -0.4 is 10.1 Å². The van der Waals surface area contributed by atoms with Gasteiger partial charge in [-0.15, -0.1) is 0 Å². The molecule has 0 bridgehead atoms. The van der Waals surface area contributed by atoms with E-state index in [4.69, 9.17) is 4.74 Å². The first kappa shape index (κ1) is 17.6. The van der Waals surface area contributed by atoms with Crippen LogP contribution in [0.3, 0.4) is 0 Å². The smallest absolute Gasteiger partial charge is 0.237 e. The molecule has 2 aliphatic carbocycles. The van der Waals surface area contributed by atoms with Gasteiger partial charge in [0.1, 0.15) is 12.3 Å². The number of nitrogens with one attached hydrogen (secondary N) is 1. The molecule has 1 saturated carbocycles. The van der Waals surface area contributed by atoms with Crippen molar-refractivity contribution in [2.24, 2.45) is 10.9 Å². The van der Waals surface area contributed by atoms with E-state index < -0.39 is 0 Å². The van der Waals surface area contributed by atoms with Gasteiger partial charge in [0.2, 0.25) is 5.88 Å². The Kier molecular flexibility index (Phi) is 3.91. The minimum absolute atomic E-state index is 0.193. The van der Waals surface area contributed by atoms with E-state index >= 15 is 0 Å². The zero-order valence-corrected chi connectivity index (χ0v) is 17.0. The molecule has 0 unspecified atom stereocenters. The Hall–Kier alpha value is -3.21. The summed E-state index contributed by atoms with van der Waals surface area (Å²) in [6, 6.07) is 6.32. The van der Waals surface area contributed by atoms with Gasteiger partial charge in [-0.2, -0.15) is 0 Å². The average Bonchev–Trinajstić information content (AvgIpc) is 3.43. The molecule has 5 heteroatoms. The maximum absolute atomic E-state index is 12.8. The van der Waals surface area contributed by atoms with Gasteiger partial charge in [0.05, 0.1) is 0 Å². The minimum Gasteiger partial charge on any atom is -0.474 e. The SMILES string of the molecule is Cc1c(-c2ccc3c(c2)/C(=C/C2=CN=C(C4CC4)C2)C(=O)C3)cnc2c1NCCO2. The molecule has 4 aliphatic rings. The molecule has 1 aromatic carbocycles. The highest BCUT2D eigenvalue weighted by atomic mass is 16.5. The first-order chi connectivity index (χ1) is 14.7.